The maximum Gasteiger partial charge on any atom is 0.146 e. The molecule has 4 heteroatoms. The van der Waals surface area contributed by atoms with Crippen LogP contribution in [0.4, 0.5) is 10.1 Å². The number of rotatable bonds is 5. The van der Waals surface area contributed by atoms with Crippen LogP contribution < -0.4 is 10.2 Å². The van der Waals surface area contributed by atoms with E-state index >= 15 is 0 Å². The van der Waals surface area contributed by atoms with Gasteiger partial charge in [0, 0.05) is 19.1 Å². The molecule has 19 heavy (non-hydrogen) atoms. The Labute approximate surface area is 114 Å². The van der Waals surface area contributed by atoms with Crippen molar-refractivity contribution >= 4 is 5.69 Å². The summed E-state index contributed by atoms with van der Waals surface area (Å²) in [5, 5.41) is 3.43. The molecule has 2 rings (SSSR count). The molecule has 1 saturated heterocycles. The number of hydrogen-bond acceptors (Lipinski definition) is 3. The van der Waals surface area contributed by atoms with Crippen LogP contribution in [0.1, 0.15) is 31.9 Å². The molecule has 1 aromatic rings. The third-order valence-corrected chi connectivity index (χ3v) is 3.51. The molecule has 0 amide bonds. The summed E-state index contributed by atoms with van der Waals surface area (Å²) >= 11 is 0. The predicted octanol–water partition coefficient (Wildman–Crippen LogP) is 2.72. The van der Waals surface area contributed by atoms with Crippen LogP contribution in [-0.4, -0.2) is 32.8 Å². The molecule has 0 bridgehead atoms. The summed E-state index contributed by atoms with van der Waals surface area (Å²) in [6, 6.07) is 5.51. The van der Waals surface area contributed by atoms with Gasteiger partial charge in [0.05, 0.1) is 18.9 Å². The summed E-state index contributed by atoms with van der Waals surface area (Å²) in [7, 11) is 0. The molecule has 1 aliphatic heterocycles. The number of benzene rings is 1. The van der Waals surface area contributed by atoms with Gasteiger partial charge in [-0.05, 0) is 31.5 Å². The summed E-state index contributed by atoms with van der Waals surface area (Å²) < 4.78 is 19.6. The average molecular weight is 266 g/mol. The molecule has 0 aliphatic carbocycles. The van der Waals surface area contributed by atoms with Crippen LogP contribution in [-0.2, 0) is 4.74 Å². The number of nitrogens with one attached hydrogen (secondary N) is 1. The van der Waals surface area contributed by atoms with Crippen LogP contribution in [0.3, 0.4) is 0 Å². The molecule has 0 saturated carbocycles. The second-order valence-corrected chi connectivity index (χ2v) is 4.95. The molecule has 1 unspecified atom stereocenters. The Morgan fingerprint density at radius 3 is 2.79 bits per heavy atom. The third kappa shape index (κ3) is 3.45. The fourth-order valence-electron chi connectivity index (χ4n) is 2.47. The number of halogens is 1. The van der Waals surface area contributed by atoms with Gasteiger partial charge in [0.1, 0.15) is 5.82 Å². The van der Waals surface area contributed by atoms with Crippen molar-refractivity contribution in [3.05, 3.63) is 29.6 Å². The van der Waals surface area contributed by atoms with E-state index in [0.29, 0.717) is 13.2 Å². The molecule has 1 aliphatic rings. The Bertz CT molecular complexity index is 405. The Kier molecular flexibility index (Phi) is 5.16. The second-order valence-electron chi connectivity index (χ2n) is 4.95. The van der Waals surface area contributed by atoms with Gasteiger partial charge in [-0.25, -0.2) is 4.39 Å². The second kappa shape index (κ2) is 6.87. The highest BCUT2D eigenvalue weighted by atomic mass is 19.1. The smallest absolute Gasteiger partial charge is 0.146 e. The van der Waals surface area contributed by atoms with Gasteiger partial charge in [0.15, 0.2) is 0 Å². The average Bonchev–Trinajstić information content (AvgIpc) is 2.45. The van der Waals surface area contributed by atoms with E-state index in [1.54, 1.807) is 12.1 Å². The quantitative estimate of drug-likeness (QED) is 0.887. The lowest BCUT2D eigenvalue weighted by molar-refractivity contribution is 0.122. The van der Waals surface area contributed by atoms with E-state index in [-0.39, 0.29) is 11.9 Å². The highest BCUT2D eigenvalue weighted by Crippen LogP contribution is 2.30. The fraction of sp³-hybridized carbons (Fsp3) is 0.600. The molecule has 0 spiro atoms. The van der Waals surface area contributed by atoms with Crippen molar-refractivity contribution in [3.8, 4) is 0 Å². The van der Waals surface area contributed by atoms with Crippen molar-refractivity contribution in [2.45, 2.75) is 26.3 Å². The van der Waals surface area contributed by atoms with E-state index in [2.05, 4.69) is 24.1 Å². The van der Waals surface area contributed by atoms with Crippen LogP contribution in [0.2, 0.25) is 0 Å². The number of ether oxygens (including phenoxy) is 1. The lowest BCUT2D eigenvalue weighted by Gasteiger charge is -2.32. The highest BCUT2D eigenvalue weighted by molar-refractivity contribution is 5.56. The van der Waals surface area contributed by atoms with Gasteiger partial charge in [-0.1, -0.05) is 19.1 Å². The zero-order valence-electron chi connectivity index (χ0n) is 11.8. The Hall–Kier alpha value is -1.13. The van der Waals surface area contributed by atoms with E-state index < -0.39 is 0 Å². The van der Waals surface area contributed by atoms with Crippen molar-refractivity contribution in [1.82, 2.24) is 5.32 Å². The van der Waals surface area contributed by atoms with Gasteiger partial charge in [-0.2, -0.15) is 0 Å². The first kappa shape index (κ1) is 14.3. The van der Waals surface area contributed by atoms with Crippen molar-refractivity contribution in [1.29, 1.82) is 0 Å². The van der Waals surface area contributed by atoms with Crippen LogP contribution in [0.15, 0.2) is 18.2 Å². The van der Waals surface area contributed by atoms with E-state index in [1.165, 1.54) is 0 Å². The fourth-order valence-corrected chi connectivity index (χ4v) is 2.47. The van der Waals surface area contributed by atoms with E-state index in [0.717, 1.165) is 37.3 Å². The molecular formula is C15H23FN2O. The standard InChI is InChI=1S/C15H23FN2O/c1-3-7-17-12(2)13-5-4-6-14(16)15(13)18-8-10-19-11-9-18/h4-6,12,17H,3,7-11H2,1-2H3. The number of hydrogen-bond donors (Lipinski definition) is 1. The molecule has 0 aromatic heterocycles. The minimum atomic E-state index is -0.135. The minimum absolute atomic E-state index is 0.135. The summed E-state index contributed by atoms with van der Waals surface area (Å²) in [5.41, 5.74) is 1.78. The largest absolute Gasteiger partial charge is 0.378 e. The molecule has 1 heterocycles. The first-order valence-electron chi connectivity index (χ1n) is 7.08. The summed E-state index contributed by atoms with van der Waals surface area (Å²) in [4.78, 5) is 2.10. The van der Waals surface area contributed by atoms with Crippen LogP contribution >= 0.6 is 0 Å². The number of anilines is 1. The predicted molar refractivity (Wildman–Crippen MR) is 76.1 cm³/mol. The topological polar surface area (TPSA) is 24.5 Å². The summed E-state index contributed by atoms with van der Waals surface area (Å²) in [6.45, 7) is 8.03. The monoisotopic (exact) mass is 266 g/mol. The minimum Gasteiger partial charge on any atom is -0.378 e. The molecular weight excluding hydrogens is 243 g/mol. The van der Waals surface area contributed by atoms with Crippen molar-refractivity contribution in [2.75, 3.05) is 37.7 Å². The number of nitrogens with zero attached hydrogens (tertiary/aromatic N) is 1. The van der Waals surface area contributed by atoms with Gasteiger partial charge >= 0.3 is 0 Å². The summed E-state index contributed by atoms with van der Waals surface area (Å²) in [5.74, 6) is -0.135. The maximum atomic E-state index is 14.2. The molecule has 1 fully saturated rings. The normalized spacial score (nSPS) is 17.5. The zero-order chi connectivity index (χ0) is 13.7. The maximum absolute atomic E-state index is 14.2. The van der Waals surface area contributed by atoms with Gasteiger partial charge < -0.3 is 15.0 Å². The van der Waals surface area contributed by atoms with Crippen molar-refractivity contribution < 1.29 is 9.13 Å². The first-order chi connectivity index (χ1) is 9.24. The lowest BCUT2D eigenvalue weighted by atomic mass is 10.0. The van der Waals surface area contributed by atoms with Gasteiger partial charge in [-0.3, -0.25) is 0 Å². The number of morpholine rings is 1. The third-order valence-electron chi connectivity index (χ3n) is 3.51. The molecule has 1 aromatic carbocycles. The van der Waals surface area contributed by atoms with Crippen molar-refractivity contribution in [2.24, 2.45) is 0 Å². The molecule has 0 radical (unpaired) electrons. The highest BCUT2D eigenvalue weighted by Gasteiger charge is 2.21. The molecule has 1 atom stereocenters. The molecule has 3 nitrogen and oxygen atoms in total. The van der Waals surface area contributed by atoms with Crippen molar-refractivity contribution in [3.63, 3.8) is 0 Å². The van der Waals surface area contributed by atoms with E-state index in [1.807, 2.05) is 6.07 Å². The Morgan fingerprint density at radius 2 is 2.11 bits per heavy atom. The lowest BCUT2D eigenvalue weighted by Crippen LogP contribution is -2.38. The van der Waals surface area contributed by atoms with E-state index in [9.17, 15) is 4.39 Å². The SMILES string of the molecule is CCCNC(C)c1cccc(F)c1N1CCOCC1. The Morgan fingerprint density at radius 1 is 1.37 bits per heavy atom. The zero-order valence-corrected chi connectivity index (χ0v) is 11.8. The van der Waals surface area contributed by atoms with Gasteiger partial charge in [0.2, 0.25) is 0 Å². The van der Waals surface area contributed by atoms with Crippen LogP contribution in [0.25, 0.3) is 0 Å². The molecule has 106 valence electrons. The first-order valence-corrected chi connectivity index (χ1v) is 7.08. The van der Waals surface area contributed by atoms with Crippen LogP contribution in [0.5, 0.6) is 0 Å². The van der Waals surface area contributed by atoms with E-state index in [4.69, 9.17) is 4.74 Å². The van der Waals surface area contributed by atoms with Gasteiger partial charge in [0.25, 0.3) is 0 Å². The van der Waals surface area contributed by atoms with Gasteiger partial charge in [-0.15, -0.1) is 0 Å². The summed E-state index contributed by atoms with van der Waals surface area (Å²) in [6.07, 6.45) is 1.08. The number of para-hydroxylation sites is 1. The Balaban J connectivity index is 2.24. The van der Waals surface area contributed by atoms with Crippen LogP contribution in [0, 0.1) is 5.82 Å². The molecule has 1 N–H and O–H groups in total.